The van der Waals surface area contributed by atoms with E-state index in [0.717, 1.165) is 0 Å². The van der Waals surface area contributed by atoms with Crippen molar-refractivity contribution < 1.29 is 9.47 Å². The van der Waals surface area contributed by atoms with Crippen molar-refractivity contribution in [2.24, 2.45) is 5.73 Å². The van der Waals surface area contributed by atoms with Gasteiger partial charge in [0.2, 0.25) is 0 Å². The molecular formula is C7H17NO2. The molecule has 62 valence electrons. The van der Waals surface area contributed by atoms with Crippen LogP contribution in [-0.2, 0) is 9.47 Å². The molecule has 0 aliphatic heterocycles. The van der Waals surface area contributed by atoms with Gasteiger partial charge < -0.3 is 15.2 Å². The highest BCUT2D eigenvalue weighted by atomic mass is 16.5. The van der Waals surface area contributed by atoms with Gasteiger partial charge in [0.25, 0.3) is 0 Å². The highest BCUT2D eigenvalue weighted by Gasteiger charge is 2.05. The second-order valence-corrected chi connectivity index (χ2v) is 2.43. The molecule has 2 N–H and O–H groups in total. The van der Waals surface area contributed by atoms with Crippen LogP contribution >= 0.6 is 0 Å². The van der Waals surface area contributed by atoms with Gasteiger partial charge in [-0.25, -0.2) is 0 Å². The van der Waals surface area contributed by atoms with Crippen molar-refractivity contribution in [2.75, 3.05) is 20.3 Å². The molecule has 2 atom stereocenters. The number of methoxy groups -OCH3 is 1. The first-order valence-corrected chi connectivity index (χ1v) is 3.54. The van der Waals surface area contributed by atoms with Crippen LogP contribution in [0.4, 0.5) is 0 Å². The molecule has 10 heavy (non-hydrogen) atoms. The largest absolute Gasteiger partial charge is 0.382 e. The van der Waals surface area contributed by atoms with Crippen molar-refractivity contribution >= 4 is 0 Å². The van der Waals surface area contributed by atoms with Gasteiger partial charge in [-0.3, -0.25) is 0 Å². The summed E-state index contributed by atoms with van der Waals surface area (Å²) in [4.78, 5) is 0. The Bertz CT molecular complexity index is 76.0. The maximum Gasteiger partial charge on any atom is 0.0704 e. The summed E-state index contributed by atoms with van der Waals surface area (Å²) in [5, 5.41) is 0. The zero-order valence-corrected chi connectivity index (χ0v) is 6.96. The standard InChI is InChI=1S/C7H17NO2/c1-6(8)7(2)10-5-4-9-3/h6-7H,4-5,8H2,1-3H3/t6-,7?/m0/s1. The summed E-state index contributed by atoms with van der Waals surface area (Å²) in [7, 11) is 1.65. The zero-order valence-electron chi connectivity index (χ0n) is 6.96. The van der Waals surface area contributed by atoms with Crippen LogP contribution in [0.2, 0.25) is 0 Å². The van der Waals surface area contributed by atoms with Gasteiger partial charge in [0.05, 0.1) is 19.3 Å². The molecule has 0 aliphatic carbocycles. The fourth-order valence-corrected chi connectivity index (χ4v) is 0.469. The Kier molecular flexibility index (Phi) is 5.58. The van der Waals surface area contributed by atoms with E-state index in [-0.39, 0.29) is 12.1 Å². The van der Waals surface area contributed by atoms with Gasteiger partial charge in [0.1, 0.15) is 0 Å². The van der Waals surface area contributed by atoms with E-state index in [2.05, 4.69) is 0 Å². The Morgan fingerprint density at radius 1 is 1.30 bits per heavy atom. The molecule has 0 aliphatic rings. The topological polar surface area (TPSA) is 44.5 Å². The number of rotatable bonds is 5. The highest BCUT2D eigenvalue weighted by Crippen LogP contribution is 1.93. The molecule has 0 spiro atoms. The third-order valence-electron chi connectivity index (χ3n) is 1.41. The van der Waals surface area contributed by atoms with Crippen molar-refractivity contribution in [3.63, 3.8) is 0 Å². The molecule has 0 saturated carbocycles. The monoisotopic (exact) mass is 147 g/mol. The highest BCUT2D eigenvalue weighted by molar-refractivity contribution is 4.61. The van der Waals surface area contributed by atoms with Gasteiger partial charge in [0, 0.05) is 13.2 Å². The second kappa shape index (κ2) is 5.65. The SMILES string of the molecule is COCCOC(C)[C@H](C)N. The lowest BCUT2D eigenvalue weighted by molar-refractivity contribution is 0.0170. The van der Waals surface area contributed by atoms with Crippen LogP contribution in [0.3, 0.4) is 0 Å². The molecule has 0 radical (unpaired) electrons. The van der Waals surface area contributed by atoms with Crippen LogP contribution in [0.25, 0.3) is 0 Å². The molecule has 0 heterocycles. The number of hydrogen-bond acceptors (Lipinski definition) is 3. The number of hydrogen-bond donors (Lipinski definition) is 1. The molecule has 0 aromatic carbocycles. The predicted octanol–water partition coefficient (Wildman–Crippen LogP) is 0.385. The Morgan fingerprint density at radius 2 is 1.90 bits per heavy atom. The van der Waals surface area contributed by atoms with Crippen LogP contribution < -0.4 is 5.73 Å². The molecule has 0 aromatic rings. The summed E-state index contributed by atoms with van der Waals surface area (Å²) < 4.78 is 10.1. The first-order valence-electron chi connectivity index (χ1n) is 3.54. The second-order valence-electron chi connectivity index (χ2n) is 2.43. The maximum atomic E-state index is 5.55. The zero-order chi connectivity index (χ0) is 7.98. The minimum Gasteiger partial charge on any atom is -0.382 e. The molecule has 0 fully saturated rings. The van der Waals surface area contributed by atoms with Crippen molar-refractivity contribution in [3.8, 4) is 0 Å². The molecule has 0 rings (SSSR count). The van der Waals surface area contributed by atoms with Gasteiger partial charge in [0.15, 0.2) is 0 Å². The molecule has 0 bridgehead atoms. The Balaban J connectivity index is 3.13. The van der Waals surface area contributed by atoms with Crippen LogP contribution in [0, 0.1) is 0 Å². The predicted molar refractivity (Wildman–Crippen MR) is 40.9 cm³/mol. The van der Waals surface area contributed by atoms with Gasteiger partial charge in [-0.2, -0.15) is 0 Å². The molecule has 0 amide bonds. The van der Waals surface area contributed by atoms with Crippen LogP contribution in [0.5, 0.6) is 0 Å². The maximum absolute atomic E-state index is 5.55. The molecule has 0 aromatic heterocycles. The smallest absolute Gasteiger partial charge is 0.0704 e. The van der Waals surface area contributed by atoms with Crippen LogP contribution in [0.15, 0.2) is 0 Å². The number of nitrogens with two attached hydrogens (primary N) is 1. The lowest BCUT2D eigenvalue weighted by Crippen LogP contribution is -2.32. The van der Waals surface area contributed by atoms with E-state index in [1.54, 1.807) is 7.11 Å². The average Bonchev–Trinajstić information content (AvgIpc) is 1.88. The first kappa shape index (κ1) is 9.88. The number of ether oxygens (including phenoxy) is 2. The van der Waals surface area contributed by atoms with E-state index in [1.807, 2.05) is 13.8 Å². The summed E-state index contributed by atoms with van der Waals surface area (Å²) in [6.45, 7) is 5.15. The minimum absolute atomic E-state index is 0.0943. The summed E-state index contributed by atoms with van der Waals surface area (Å²) in [5.41, 5.74) is 5.55. The summed E-state index contributed by atoms with van der Waals surface area (Å²) in [6, 6.07) is 0.0943. The van der Waals surface area contributed by atoms with E-state index in [0.29, 0.717) is 13.2 Å². The molecular weight excluding hydrogens is 130 g/mol. The summed E-state index contributed by atoms with van der Waals surface area (Å²) in [5.74, 6) is 0. The normalized spacial score (nSPS) is 16.8. The Labute approximate surface area is 62.5 Å². The quantitative estimate of drug-likeness (QED) is 0.572. The van der Waals surface area contributed by atoms with Gasteiger partial charge in [-0.1, -0.05) is 0 Å². The van der Waals surface area contributed by atoms with E-state index in [4.69, 9.17) is 15.2 Å². The third kappa shape index (κ3) is 4.73. The average molecular weight is 147 g/mol. The summed E-state index contributed by atoms with van der Waals surface area (Å²) in [6.07, 6.45) is 0.121. The van der Waals surface area contributed by atoms with E-state index in [9.17, 15) is 0 Å². The molecule has 0 saturated heterocycles. The fourth-order valence-electron chi connectivity index (χ4n) is 0.469. The van der Waals surface area contributed by atoms with E-state index >= 15 is 0 Å². The van der Waals surface area contributed by atoms with E-state index in [1.165, 1.54) is 0 Å². The van der Waals surface area contributed by atoms with Crippen LogP contribution in [-0.4, -0.2) is 32.5 Å². The van der Waals surface area contributed by atoms with Crippen molar-refractivity contribution in [3.05, 3.63) is 0 Å². The third-order valence-corrected chi connectivity index (χ3v) is 1.41. The summed E-state index contributed by atoms with van der Waals surface area (Å²) >= 11 is 0. The Morgan fingerprint density at radius 3 is 2.30 bits per heavy atom. The van der Waals surface area contributed by atoms with Crippen molar-refractivity contribution in [1.82, 2.24) is 0 Å². The van der Waals surface area contributed by atoms with Gasteiger partial charge in [-0.15, -0.1) is 0 Å². The van der Waals surface area contributed by atoms with Crippen molar-refractivity contribution in [2.45, 2.75) is 26.0 Å². The Hall–Kier alpha value is -0.120. The van der Waals surface area contributed by atoms with Gasteiger partial charge >= 0.3 is 0 Å². The first-order chi connectivity index (χ1) is 4.68. The molecule has 3 nitrogen and oxygen atoms in total. The van der Waals surface area contributed by atoms with Crippen molar-refractivity contribution in [1.29, 1.82) is 0 Å². The minimum atomic E-state index is 0.0943. The van der Waals surface area contributed by atoms with Crippen LogP contribution in [0.1, 0.15) is 13.8 Å². The molecule has 3 heteroatoms. The fraction of sp³-hybridized carbons (Fsp3) is 1.00. The lowest BCUT2D eigenvalue weighted by atomic mass is 10.2. The van der Waals surface area contributed by atoms with E-state index < -0.39 is 0 Å². The molecule has 1 unspecified atom stereocenters. The van der Waals surface area contributed by atoms with Gasteiger partial charge in [-0.05, 0) is 13.8 Å². The lowest BCUT2D eigenvalue weighted by Gasteiger charge is -2.15.